The van der Waals surface area contributed by atoms with Crippen LogP contribution in [0.15, 0.2) is 53.4 Å². The molecule has 0 fully saturated rings. The van der Waals surface area contributed by atoms with Crippen molar-refractivity contribution in [3.63, 3.8) is 0 Å². The summed E-state index contributed by atoms with van der Waals surface area (Å²) in [7, 11) is 1.32. The Morgan fingerprint density at radius 2 is 1.89 bits per heavy atom. The number of ether oxygens (including phenoxy) is 1. The Labute approximate surface area is 166 Å². The highest BCUT2D eigenvalue weighted by molar-refractivity contribution is 8.00. The molecule has 4 nitrogen and oxygen atoms in total. The Hall–Kier alpha value is -2.03. The number of hydrogen-bond acceptors (Lipinski definition) is 5. The molecule has 0 aromatic heterocycles. The van der Waals surface area contributed by atoms with Gasteiger partial charge in [0.05, 0.1) is 18.8 Å². The summed E-state index contributed by atoms with van der Waals surface area (Å²) in [4.78, 5) is 11.5. The molecule has 0 spiro atoms. The largest absolute Gasteiger partial charge is 0.465 e. The summed E-state index contributed by atoms with van der Waals surface area (Å²) in [5, 5.41) is 13.5. The van der Waals surface area contributed by atoms with Gasteiger partial charge in [-0.25, -0.2) is 4.79 Å². The molecule has 0 heterocycles. The van der Waals surface area contributed by atoms with Gasteiger partial charge in [-0.05, 0) is 60.5 Å². The fourth-order valence-corrected chi connectivity index (χ4v) is 3.28. The monoisotopic (exact) mass is 413 g/mol. The first-order valence-corrected chi connectivity index (χ1v) is 9.44. The summed E-state index contributed by atoms with van der Waals surface area (Å²) in [6.45, 7) is 2.15. The predicted molar refractivity (Wildman–Crippen MR) is 102 cm³/mol. The van der Waals surface area contributed by atoms with Crippen molar-refractivity contribution in [2.45, 2.75) is 35.9 Å². The average Bonchev–Trinajstić information content (AvgIpc) is 2.65. The van der Waals surface area contributed by atoms with Gasteiger partial charge in [0.15, 0.2) is 0 Å². The minimum absolute atomic E-state index is 0.0198. The molecular weight excluding hydrogens is 391 g/mol. The van der Waals surface area contributed by atoms with Crippen LogP contribution in [0.2, 0.25) is 0 Å². The SMILES string of the molecule is COC(=O)c1ccc(CC(C)NCC(O)c2cccc(SC(F)(F)F)c2)cc1. The third-order valence-corrected chi connectivity index (χ3v) is 4.77. The van der Waals surface area contributed by atoms with E-state index in [0.717, 1.165) is 5.56 Å². The maximum atomic E-state index is 12.5. The lowest BCUT2D eigenvalue weighted by molar-refractivity contribution is -0.0328. The van der Waals surface area contributed by atoms with Gasteiger partial charge in [-0.1, -0.05) is 24.3 Å². The minimum Gasteiger partial charge on any atom is -0.465 e. The maximum absolute atomic E-state index is 12.5. The first kappa shape index (κ1) is 22.3. The van der Waals surface area contributed by atoms with Crippen LogP contribution in [0.4, 0.5) is 13.2 Å². The second-order valence-electron chi connectivity index (χ2n) is 6.34. The van der Waals surface area contributed by atoms with Crippen LogP contribution in [0.3, 0.4) is 0 Å². The van der Waals surface area contributed by atoms with E-state index in [1.54, 1.807) is 18.2 Å². The van der Waals surface area contributed by atoms with E-state index in [0.29, 0.717) is 17.5 Å². The van der Waals surface area contributed by atoms with Gasteiger partial charge in [0, 0.05) is 17.5 Å². The number of aliphatic hydroxyl groups is 1. The lowest BCUT2D eigenvalue weighted by Crippen LogP contribution is -2.32. The summed E-state index contributed by atoms with van der Waals surface area (Å²) < 4.78 is 42.1. The second-order valence-corrected chi connectivity index (χ2v) is 7.48. The van der Waals surface area contributed by atoms with Gasteiger partial charge in [-0.15, -0.1) is 0 Å². The number of hydrogen-bond donors (Lipinski definition) is 2. The number of nitrogens with one attached hydrogen (secondary N) is 1. The molecule has 0 radical (unpaired) electrons. The van der Waals surface area contributed by atoms with E-state index in [-0.39, 0.29) is 29.2 Å². The minimum atomic E-state index is -4.36. The van der Waals surface area contributed by atoms with Crippen LogP contribution < -0.4 is 5.32 Å². The zero-order chi connectivity index (χ0) is 20.7. The van der Waals surface area contributed by atoms with Crippen LogP contribution in [0.25, 0.3) is 0 Å². The molecule has 2 aromatic carbocycles. The number of benzene rings is 2. The Morgan fingerprint density at radius 1 is 1.21 bits per heavy atom. The van der Waals surface area contributed by atoms with Crippen molar-refractivity contribution in [3.05, 3.63) is 65.2 Å². The number of thioether (sulfide) groups is 1. The number of carbonyl (C=O) groups excluding carboxylic acids is 1. The quantitative estimate of drug-likeness (QED) is 0.498. The number of aliphatic hydroxyl groups excluding tert-OH is 1. The summed E-state index contributed by atoms with van der Waals surface area (Å²) in [6.07, 6.45) is -0.254. The van der Waals surface area contributed by atoms with E-state index in [9.17, 15) is 23.1 Å². The van der Waals surface area contributed by atoms with Crippen LogP contribution in [0.1, 0.15) is 34.5 Å². The van der Waals surface area contributed by atoms with Crippen molar-refractivity contribution >= 4 is 17.7 Å². The molecule has 8 heteroatoms. The Bertz CT molecular complexity index is 781. The first-order valence-electron chi connectivity index (χ1n) is 8.62. The normalized spacial score (nSPS) is 13.8. The topological polar surface area (TPSA) is 58.6 Å². The van der Waals surface area contributed by atoms with Crippen LogP contribution in [0.5, 0.6) is 0 Å². The molecule has 28 heavy (non-hydrogen) atoms. The first-order chi connectivity index (χ1) is 13.2. The number of methoxy groups -OCH3 is 1. The zero-order valence-electron chi connectivity index (χ0n) is 15.5. The van der Waals surface area contributed by atoms with Gasteiger partial charge in [0.2, 0.25) is 0 Å². The molecule has 0 aliphatic heterocycles. The summed E-state index contributed by atoms with van der Waals surface area (Å²) in [5.74, 6) is -0.397. The maximum Gasteiger partial charge on any atom is 0.446 e. The summed E-state index contributed by atoms with van der Waals surface area (Å²) in [6, 6.07) is 12.9. The Kier molecular flexibility index (Phi) is 7.91. The van der Waals surface area contributed by atoms with E-state index < -0.39 is 17.6 Å². The van der Waals surface area contributed by atoms with E-state index in [1.807, 2.05) is 19.1 Å². The number of esters is 1. The van der Waals surface area contributed by atoms with Crippen molar-refractivity contribution < 1.29 is 27.8 Å². The van der Waals surface area contributed by atoms with Gasteiger partial charge < -0.3 is 15.2 Å². The van der Waals surface area contributed by atoms with Crippen LogP contribution in [-0.4, -0.2) is 36.3 Å². The summed E-state index contributed by atoms with van der Waals surface area (Å²) >= 11 is -0.201. The molecule has 0 saturated carbocycles. The van der Waals surface area contributed by atoms with Gasteiger partial charge >= 0.3 is 11.5 Å². The molecule has 152 valence electrons. The van der Waals surface area contributed by atoms with Crippen molar-refractivity contribution in [2.75, 3.05) is 13.7 Å². The Morgan fingerprint density at radius 3 is 2.50 bits per heavy atom. The van der Waals surface area contributed by atoms with Crippen molar-refractivity contribution in [1.29, 1.82) is 0 Å². The number of carbonyl (C=O) groups is 1. The molecule has 0 bridgehead atoms. The lowest BCUT2D eigenvalue weighted by atomic mass is 10.0. The highest BCUT2D eigenvalue weighted by Crippen LogP contribution is 2.37. The molecule has 2 aromatic rings. The highest BCUT2D eigenvalue weighted by Gasteiger charge is 2.29. The molecular formula is C20H22F3NO3S. The Balaban J connectivity index is 1.87. The van der Waals surface area contributed by atoms with Crippen LogP contribution in [0, 0.1) is 0 Å². The van der Waals surface area contributed by atoms with Crippen molar-refractivity contribution in [2.24, 2.45) is 0 Å². The fraction of sp³-hybridized carbons (Fsp3) is 0.350. The molecule has 0 aliphatic carbocycles. The molecule has 0 saturated heterocycles. The molecule has 2 atom stereocenters. The number of rotatable bonds is 8. The third kappa shape index (κ3) is 7.18. The van der Waals surface area contributed by atoms with Crippen LogP contribution in [-0.2, 0) is 11.2 Å². The molecule has 2 rings (SSSR count). The molecule has 0 amide bonds. The van der Waals surface area contributed by atoms with Gasteiger partial charge in [-0.3, -0.25) is 0 Å². The van der Waals surface area contributed by atoms with Crippen molar-refractivity contribution in [1.82, 2.24) is 5.32 Å². The van der Waals surface area contributed by atoms with Crippen LogP contribution >= 0.6 is 11.8 Å². The molecule has 2 N–H and O–H groups in total. The molecule has 2 unspecified atom stereocenters. The zero-order valence-corrected chi connectivity index (χ0v) is 16.3. The van der Waals surface area contributed by atoms with Gasteiger partial charge in [-0.2, -0.15) is 13.2 Å². The van der Waals surface area contributed by atoms with E-state index in [2.05, 4.69) is 10.1 Å². The van der Waals surface area contributed by atoms with Crippen molar-refractivity contribution in [3.8, 4) is 0 Å². The predicted octanol–water partition coefficient (Wildman–Crippen LogP) is 4.34. The van der Waals surface area contributed by atoms with Gasteiger partial charge in [0.25, 0.3) is 0 Å². The lowest BCUT2D eigenvalue weighted by Gasteiger charge is -2.18. The van der Waals surface area contributed by atoms with Gasteiger partial charge in [0.1, 0.15) is 0 Å². The smallest absolute Gasteiger partial charge is 0.446 e. The number of alkyl halides is 3. The third-order valence-electron chi connectivity index (χ3n) is 4.05. The standard InChI is InChI=1S/C20H22F3NO3S/c1-13(10-14-6-8-15(9-7-14)19(26)27-2)24-12-18(25)16-4-3-5-17(11-16)28-20(21,22)23/h3-9,11,13,18,24-25H,10,12H2,1-2H3. The number of halogens is 3. The fourth-order valence-electron chi connectivity index (χ4n) is 2.67. The highest BCUT2D eigenvalue weighted by atomic mass is 32.2. The van der Waals surface area contributed by atoms with E-state index in [1.165, 1.54) is 25.3 Å². The average molecular weight is 413 g/mol. The van der Waals surface area contributed by atoms with E-state index in [4.69, 9.17) is 0 Å². The summed E-state index contributed by atoms with van der Waals surface area (Å²) in [5.41, 5.74) is -2.46. The molecule has 0 aliphatic rings. The van der Waals surface area contributed by atoms with E-state index >= 15 is 0 Å². The second kappa shape index (κ2) is 9.95.